The maximum atomic E-state index is 12.1. The molecule has 0 aliphatic heterocycles. The van der Waals surface area contributed by atoms with Gasteiger partial charge in [-0.25, -0.2) is 0 Å². The number of nitrogens with one attached hydrogen (secondary N) is 1. The molecule has 1 aromatic carbocycles. The number of aryl methyl sites for hydroxylation is 1. The number of alkyl halides is 1. The predicted octanol–water partition coefficient (Wildman–Crippen LogP) is 4.14. The van der Waals surface area contributed by atoms with E-state index in [9.17, 15) is 4.79 Å². The number of benzene rings is 1. The van der Waals surface area contributed by atoms with Gasteiger partial charge in [0.2, 0.25) is 0 Å². The van der Waals surface area contributed by atoms with Crippen molar-refractivity contribution in [2.24, 2.45) is 11.8 Å². The molecule has 0 saturated heterocycles. The Morgan fingerprint density at radius 3 is 2.79 bits per heavy atom. The second kappa shape index (κ2) is 6.76. The van der Waals surface area contributed by atoms with Gasteiger partial charge >= 0.3 is 0 Å². The maximum absolute atomic E-state index is 12.1. The molecule has 0 bridgehead atoms. The Morgan fingerprint density at radius 1 is 1.37 bits per heavy atom. The Balaban J connectivity index is 1.94. The van der Waals surface area contributed by atoms with E-state index in [0.29, 0.717) is 23.3 Å². The van der Waals surface area contributed by atoms with Crippen LogP contribution >= 0.6 is 27.5 Å². The molecule has 0 heterocycles. The van der Waals surface area contributed by atoms with E-state index in [0.717, 1.165) is 16.6 Å². The van der Waals surface area contributed by atoms with E-state index >= 15 is 0 Å². The quantitative estimate of drug-likeness (QED) is 0.817. The van der Waals surface area contributed by atoms with Crippen molar-refractivity contribution in [3.05, 3.63) is 33.8 Å². The highest BCUT2D eigenvalue weighted by molar-refractivity contribution is 9.10. The van der Waals surface area contributed by atoms with Crippen molar-refractivity contribution in [3.63, 3.8) is 0 Å². The van der Waals surface area contributed by atoms with Gasteiger partial charge in [0.05, 0.1) is 0 Å². The van der Waals surface area contributed by atoms with E-state index < -0.39 is 0 Å². The molecule has 19 heavy (non-hydrogen) atoms. The fourth-order valence-corrected chi connectivity index (χ4v) is 3.79. The van der Waals surface area contributed by atoms with Crippen LogP contribution in [0.15, 0.2) is 22.7 Å². The van der Waals surface area contributed by atoms with Crippen LogP contribution in [0.5, 0.6) is 0 Å². The van der Waals surface area contributed by atoms with Crippen molar-refractivity contribution < 1.29 is 4.79 Å². The van der Waals surface area contributed by atoms with Crippen molar-refractivity contribution in [1.29, 1.82) is 0 Å². The number of amides is 1. The molecule has 0 radical (unpaired) electrons. The molecule has 1 saturated carbocycles. The monoisotopic (exact) mass is 343 g/mol. The van der Waals surface area contributed by atoms with Crippen LogP contribution in [0.2, 0.25) is 0 Å². The van der Waals surface area contributed by atoms with E-state index in [1.165, 1.54) is 19.3 Å². The third kappa shape index (κ3) is 3.96. The molecule has 104 valence electrons. The summed E-state index contributed by atoms with van der Waals surface area (Å²) >= 11 is 9.38. The average Bonchev–Trinajstić information content (AvgIpc) is 2.82. The van der Waals surface area contributed by atoms with Crippen LogP contribution in [0.1, 0.15) is 35.2 Å². The van der Waals surface area contributed by atoms with Crippen LogP contribution in [0.25, 0.3) is 0 Å². The maximum Gasteiger partial charge on any atom is 0.251 e. The molecule has 0 spiro atoms. The fraction of sp³-hybridized carbons (Fsp3) is 0.533. The summed E-state index contributed by atoms with van der Waals surface area (Å²) in [6.45, 7) is 2.73. The zero-order chi connectivity index (χ0) is 13.8. The zero-order valence-electron chi connectivity index (χ0n) is 11.1. The molecule has 1 aliphatic rings. The molecule has 1 N–H and O–H groups in total. The number of hydrogen-bond acceptors (Lipinski definition) is 1. The van der Waals surface area contributed by atoms with Crippen molar-refractivity contribution in [2.75, 3.05) is 12.4 Å². The lowest BCUT2D eigenvalue weighted by Gasteiger charge is -2.17. The van der Waals surface area contributed by atoms with E-state index in [-0.39, 0.29) is 5.91 Å². The minimum absolute atomic E-state index is 0.00428. The molecule has 1 amide bonds. The van der Waals surface area contributed by atoms with Crippen LogP contribution < -0.4 is 5.32 Å². The van der Waals surface area contributed by atoms with Gasteiger partial charge in [0, 0.05) is 22.5 Å². The summed E-state index contributed by atoms with van der Waals surface area (Å²) in [5, 5.41) is 3.04. The van der Waals surface area contributed by atoms with Gasteiger partial charge in [0.15, 0.2) is 0 Å². The molecule has 1 aliphatic carbocycles. The normalized spacial score (nSPS) is 22.5. The topological polar surface area (TPSA) is 29.1 Å². The van der Waals surface area contributed by atoms with E-state index in [1.807, 2.05) is 25.1 Å². The molecule has 1 aromatic rings. The van der Waals surface area contributed by atoms with Gasteiger partial charge in [0.1, 0.15) is 0 Å². The minimum Gasteiger partial charge on any atom is -0.352 e. The summed E-state index contributed by atoms with van der Waals surface area (Å²) in [6, 6.07) is 5.76. The number of carbonyl (C=O) groups is 1. The number of rotatable bonds is 4. The first-order valence-electron chi connectivity index (χ1n) is 6.71. The largest absolute Gasteiger partial charge is 0.352 e. The Morgan fingerprint density at radius 2 is 2.11 bits per heavy atom. The summed E-state index contributed by atoms with van der Waals surface area (Å²) in [6.07, 6.45) is 3.60. The second-order valence-electron chi connectivity index (χ2n) is 5.33. The van der Waals surface area contributed by atoms with Crippen LogP contribution in [-0.4, -0.2) is 18.3 Å². The van der Waals surface area contributed by atoms with Gasteiger partial charge in [-0.05, 0) is 55.4 Å². The van der Waals surface area contributed by atoms with E-state index in [1.54, 1.807) is 0 Å². The fourth-order valence-electron chi connectivity index (χ4n) is 2.78. The van der Waals surface area contributed by atoms with Crippen LogP contribution in [0.3, 0.4) is 0 Å². The first kappa shape index (κ1) is 14.9. The molecule has 2 rings (SSSR count). The zero-order valence-corrected chi connectivity index (χ0v) is 13.4. The second-order valence-corrected chi connectivity index (χ2v) is 6.56. The summed E-state index contributed by atoms with van der Waals surface area (Å²) in [5.41, 5.74) is 1.80. The SMILES string of the molecule is Cc1cc(Br)cc(C(=O)NCC2CCCC2CCl)c1. The first-order valence-corrected chi connectivity index (χ1v) is 8.04. The lowest BCUT2D eigenvalue weighted by Crippen LogP contribution is -2.31. The van der Waals surface area contributed by atoms with Gasteiger partial charge in [-0.1, -0.05) is 22.4 Å². The van der Waals surface area contributed by atoms with Gasteiger partial charge < -0.3 is 5.32 Å². The third-order valence-electron chi connectivity index (χ3n) is 3.84. The van der Waals surface area contributed by atoms with Crippen LogP contribution in [-0.2, 0) is 0 Å². The molecule has 1 fully saturated rings. The Bertz CT molecular complexity index is 443. The number of carbonyl (C=O) groups excluding carboxylic acids is 1. The first-order chi connectivity index (χ1) is 9.10. The molecule has 4 heteroatoms. The standard InChI is InChI=1S/C15H19BrClNO/c1-10-5-13(7-14(16)6-10)15(19)18-9-12-4-2-3-11(12)8-17/h5-7,11-12H,2-4,8-9H2,1H3,(H,18,19). The summed E-state index contributed by atoms with van der Waals surface area (Å²) < 4.78 is 0.942. The average molecular weight is 345 g/mol. The lowest BCUT2D eigenvalue weighted by atomic mass is 9.98. The van der Waals surface area contributed by atoms with Gasteiger partial charge in [-0.15, -0.1) is 11.6 Å². The predicted molar refractivity (Wildman–Crippen MR) is 82.8 cm³/mol. The smallest absolute Gasteiger partial charge is 0.251 e. The van der Waals surface area contributed by atoms with Gasteiger partial charge in [-0.2, -0.15) is 0 Å². The highest BCUT2D eigenvalue weighted by Gasteiger charge is 2.26. The third-order valence-corrected chi connectivity index (χ3v) is 4.70. The molecule has 2 unspecified atom stereocenters. The summed E-state index contributed by atoms with van der Waals surface area (Å²) in [7, 11) is 0. The Labute approximate surface area is 128 Å². The highest BCUT2D eigenvalue weighted by atomic mass is 79.9. The Hall–Kier alpha value is -0.540. The molecule has 0 aromatic heterocycles. The number of halogens is 2. The summed E-state index contributed by atoms with van der Waals surface area (Å²) in [4.78, 5) is 12.1. The van der Waals surface area contributed by atoms with E-state index in [2.05, 4.69) is 21.2 Å². The molecule has 2 atom stereocenters. The molecular formula is C15H19BrClNO. The minimum atomic E-state index is 0.00428. The molecular weight excluding hydrogens is 326 g/mol. The number of hydrogen-bond donors (Lipinski definition) is 1. The van der Waals surface area contributed by atoms with Gasteiger partial charge in [0.25, 0.3) is 5.91 Å². The van der Waals surface area contributed by atoms with E-state index in [4.69, 9.17) is 11.6 Å². The van der Waals surface area contributed by atoms with Crippen molar-refractivity contribution in [1.82, 2.24) is 5.32 Å². The lowest BCUT2D eigenvalue weighted by molar-refractivity contribution is 0.0944. The molecule has 2 nitrogen and oxygen atoms in total. The van der Waals surface area contributed by atoms with Gasteiger partial charge in [-0.3, -0.25) is 4.79 Å². The van der Waals surface area contributed by atoms with Crippen LogP contribution in [0, 0.1) is 18.8 Å². The highest BCUT2D eigenvalue weighted by Crippen LogP contribution is 2.32. The Kier molecular flexibility index (Phi) is 5.28. The van der Waals surface area contributed by atoms with Crippen LogP contribution in [0.4, 0.5) is 0 Å². The van der Waals surface area contributed by atoms with Crippen molar-refractivity contribution in [3.8, 4) is 0 Å². The van der Waals surface area contributed by atoms with Crippen molar-refractivity contribution in [2.45, 2.75) is 26.2 Å². The van der Waals surface area contributed by atoms with Crippen molar-refractivity contribution >= 4 is 33.4 Å². The summed E-state index contributed by atoms with van der Waals surface area (Å²) in [5.74, 6) is 1.81.